The monoisotopic (exact) mass is 252 g/mol. The van der Waals surface area contributed by atoms with Crippen LogP contribution in [0.5, 0.6) is 0 Å². The molecule has 1 saturated heterocycles. The molecule has 5 heteroatoms. The van der Waals surface area contributed by atoms with E-state index in [9.17, 15) is 5.11 Å². The quantitative estimate of drug-likeness (QED) is 0.798. The van der Waals surface area contributed by atoms with Crippen LogP contribution in [0.25, 0.3) is 0 Å². The van der Waals surface area contributed by atoms with Gasteiger partial charge in [0.25, 0.3) is 0 Å². The topological polar surface area (TPSA) is 44.5 Å². The summed E-state index contributed by atoms with van der Waals surface area (Å²) in [6.45, 7) is 2.78. The molecular weight excluding hydrogens is 228 g/mol. The van der Waals surface area contributed by atoms with Gasteiger partial charge in [0.1, 0.15) is 5.82 Å². The fourth-order valence-electron chi connectivity index (χ4n) is 2.72. The Kier molecular flexibility index (Phi) is 4.37. The summed E-state index contributed by atoms with van der Waals surface area (Å²) in [7, 11) is 6.20. The summed E-state index contributed by atoms with van der Waals surface area (Å²) in [5.41, 5.74) is 0. The van der Waals surface area contributed by atoms with E-state index in [2.05, 4.69) is 33.4 Å². The minimum atomic E-state index is -0.170. The Labute approximate surface area is 109 Å². The van der Waals surface area contributed by atoms with E-state index in [1.54, 1.807) is 0 Å². The number of aliphatic hydroxyl groups excluding tert-OH is 1. The number of aryl methyl sites for hydroxylation is 1. The van der Waals surface area contributed by atoms with Gasteiger partial charge in [-0.3, -0.25) is 4.90 Å². The van der Waals surface area contributed by atoms with Gasteiger partial charge in [0.05, 0.1) is 6.10 Å². The first-order valence-electron chi connectivity index (χ1n) is 6.59. The van der Waals surface area contributed by atoms with E-state index in [0.29, 0.717) is 6.04 Å². The number of rotatable bonds is 5. The van der Waals surface area contributed by atoms with E-state index in [0.717, 1.165) is 38.3 Å². The van der Waals surface area contributed by atoms with Gasteiger partial charge in [-0.1, -0.05) is 0 Å². The lowest BCUT2D eigenvalue weighted by Gasteiger charge is -2.26. The van der Waals surface area contributed by atoms with E-state index in [1.165, 1.54) is 0 Å². The van der Waals surface area contributed by atoms with Gasteiger partial charge in [0.2, 0.25) is 0 Å². The molecule has 0 bridgehead atoms. The van der Waals surface area contributed by atoms with Crippen LogP contribution >= 0.6 is 0 Å². The summed E-state index contributed by atoms with van der Waals surface area (Å²) in [5.74, 6) is 1.11. The molecule has 2 heterocycles. The van der Waals surface area contributed by atoms with Crippen LogP contribution in [0.2, 0.25) is 0 Å². The van der Waals surface area contributed by atoms with Crippen molar-refractivity contribution < 1.29 is 5.11 Å². The molecule has 0 amide bonds. The number of β-amino-alcohol motifs (C(OH)–C–C–N with tert-alkyl or cyclic N) is 1. The Morgan fingerprint density at radius 2 is 2.28 bits per heavy atom. The first-order valence-corrected chi connectivity index (χ1v) is 6.59. The molecule has 1 aromatic rings. The van der Waals surface area contributed by atoms with Gasteiger partial charge in [-0.25, -0.2) is 4.98 Å². The Bertz CT molecular complexity index is 377. The first kappa shape index (κ1) is 13.5. The zero-order valence-electron chi connectivity index (χ0n) is 11.6. The maximum absolute atomic E-state index is 9.81. The minimum absolute atomic E-state index is 0.170. The number of aromatic nitrogens is 2. The smallest absolute Gasteiger partial charge is 0.109 e. The number of nitrogens with zero attached hydrogens (tertiary/aromatic N) is 4. The SMILES string of the molecule is CN(C)CC1CC(O)CN1CCc1nccn1C. The molecule has 0 aliphatic carbocycles. The Morgan fingerprint density at radius 3 is 2.89 bits per heavy atom. The second kappa shape index (κ2) is 5.82. The zero-order chi connectivity index (χ0) is 13.1. The summed E-state index contributed by atoms with van der Waals surface area (Å²) >= 11 is 0. The number of likely N-dealkylation sites (N-methyl/N-ethyl adjacent to an activating group) is 1. The molecule has 2 atom stereocenters. The molecule has 2 rings (SSSR count). The van der Waals surface area contributed by atoms with E-state index in [4.69, 9.17) is 0 Å². The lowest BCUT2D eigenvalue weighted by molar-refractivity contribution is 0.173. The van der Waals surface area contributed by atoms with Crippen LogP contribution in [0, 0.1) is 0 Å². The molecule has 0 aromatic carbocycles. The predicted octanol–water partition coefficient (Wildman–Crippen LogP) is -0.0406. The maximum Gasteiger partial charge on any atom is 0.109 e. The molecule has 1 aromatic heterocycles. The second-order valence-electron chi connectivity index (χ2n) is 5.50. The number of aliphatic hydroxyl groups is 1. The molecule has 5 nitrogen and oxygen atoms in total. The molecule has 1 aliphatic rings. The molecule has 0 spiro atoms. The molecule has 0 radical (unpaired) electrons. The van der Waals surface area contributed by atoms with Crippen molar-refractivity contribution in [1.29, 1.82) is 0 Å². The Hall–Kier alpha value is -0.910. The fourth-order valence-corrected chi connectivity index (χ4v) is 2.72. The van der Waals surface area contributed by atoms with Crippen LogP contribution in [-0.4, -0.2) is 70.3 Å². The van der Waals surface area contributed by atoms with Gasteiger partial charge in [0.15, 0.2) is 0 Å². The molecule has 18 heavy (non-hydrogen) atoms. The number of hydrogen-bond acceptors (Lipinski definition) is 4. The molecule has 102 valence electrons. The van der Waals surface area contributed by atoms with Crippen molar-refractivity contribution in [3.05, 3.63) is 18.2 Å². The summed E-state index contributed by atoms with van der Waals surface area (Å²) < 4.78 is 2.06. The number of hydrogen-bond donors (Lipinski definition) is 1. The number of imidazole rings is 1. The summed E-state index contributed by atoms with van der Waals surface area (Å²) in [6, 6.07) is 0.468. The van der Waals surface area contributed by atoms with Crippen LogP contribution in [0.4, 0.5) is 0 Å². The highest BCUT2D eigenvalue weighted by Crippen LogP contribution is 2.18. The predicted molar refractivity (Wildman–Crippen MR) is 71.5 cm³/mol. The average molecular weight is 252 g/mol. The average Bonchev–Trinajstić information content (AvgIpc) is 2.82. The van der Waals surface area contributed by atoms with Crippen molar-refractivity contribution in [3.8, 4) is 0 Å². The highest BCUT2D eigenvalue weighted by atomic mass is 16.3. The van der Waals surface area contributed by atoms with Crippen LogP contribution in [0.3, 0.4) is 0 Å². The van der Waals surface area contributed by atoms with Crippen molar-refractivity contribution in [2.75, 3.05) is 33.7 Å². The molecule has 1 N–H and O–H groups in total. The molecular formula is C13H24N4O. The summed E-state index contributed by atoms with van der Waals surface area (Å²) in [6.07, 6.45) is 5.48. The summed E-state index contributed by atoms with van der Waals surface area (Å²) in [5, 5.41) is 9.81. The van der Waals surface area contributed by atoms with Crippen LogP contribution in [-0.2, 0) is 13.5 Å². The van der Waals surface area contributed by atoms with Gasteiger partial charge < -0.3 is 14.6 Å². The van der Waals surface area contributed by atoms with Gasteiger partial charge in [0, 0.05) is 51.5 Å². The lowest BCUT2D eigenvalue weighted by Crippen LogP contribution is -2.38. The molecule has 1 aliphatic heterocycles. The fraction of sp³-hybridized carbons (Fsp3) is 0.769. The van der Waals surface area contributed by atoms with E-state index >= 15 is 0 Å². The number of likely N-dealkylation sites (tertiary alicyclic amines) is 1. The van der Waals surface area contributed by atoms with Gasteiger partial charge in [-0.05, 0) is 20.5 Å². The van der Waals surface area contributed by atoms with Crippen molar-refractivity contribution in [2.45, 2.75) is 25.0 Å². The summed E-state index contributed by atoms with van der Waals surface area (Å²) in [4.78, 5) is 8.92. The van der Waals surface area contributed by atoms with Gasteiger partial charge in [-0.15, -0.1) is 0 Å². The van der Waals surface area contributed by atoms with E-state index < -0.39 is 0 Å². The first-order chi connectivity index (χ1) is 8.56. The third-order valence-corrected chi connectivity index (χ3v) is 3.63. The Balaban J connectivity index is 1.89. The lowest BCUT2D eigenvalue weighted by atomic mass is 10.2. The highest BCUT2D eigenvalue weighted by Gasteiger charge is 2.30. The van der Waals surface area contributed by atoms with Crippen molar-refractivity contribution in [2.24, 2.45) is 7.05 Å². The third-order valence-electron chi connectivity index (χ3n) is 3.63. The Morgan fingerprint density at radius 1 is 1.50 bits per heavy atom. The second-order valence-corrected chi connectivity index (χ2v) is 5.50. The van der Waals surface area contributed by atoms with E-state index in [1.807, 2.05) is 19.4 Å². The van der Waals surface area contributed by atoms with Gasteiger partial charge >= 0.3 is 0 Å². The maximum atomic E-state index is 9.81. The molecule has 1 fully saturated rings. The van der Waals surface area contributed by atoms with Crippen molar-refractivity contribution in [3.63, 3.8) is 0 Å². The largest absolute Gasteiger partial charge is 0.392 e. The van der Waals surface area contributed by atoms with Crippen LogP contribution in [0.1, 0.15) is 12.2 Å². The van der Waals surface area contributed by atoms with Crippen LogP contribution < -0.4 is 0 Å². The molecule has 2 unspecified atom stereocenters. The highest BCUT2D eigenvalue weighted by molar-refractivity contribution is 4.94. The normalized spacial score (nSPS) is 25.2. The van der Waals surface area contributed by atoms with Gasteiger partial charge in [-0.2, -0.15) is 0 Å². The van der Waals surface area contributed by atoms with Crippen LogP contribution in [0.15, 0.2) is 12.4 Å². The van der Waals surface area contributed by atoms with E-state index in [-0.39, 0.29) is 6.10 Å². The standard InChI is InChI=1S/C13H24N4O/c1-15(2)9-11-8-12(18)10-17(11)6-4-13-14-5-7-16(13)3/h5,7,11-12,18H,4,6,8-10H2,1-3H3. The third kappa shape index (κ3) is 3.31. The zero-order valence-corrected chi connectivity index (χ0v) is 11.6. The van der Waals surface area contributed by atoms with Crippen molar-refractivity contribution >= 4 is 0 Å². The minimum Gasteiger partial charge on any atom is -0.392 e. The molecule has 0 saturated carbocycles. The van der Waals surface area contributed by atoms with Crippen molar-refractivity contribution in [1.82, 2.24) is 19.4 Å².